The quantitative estimate of drug-likeness (QED) is 0.601. The highest BCUT2D eigenvalue weighted by atomic mass is 32.1. The Morgan fingerprint density at radius 1 is 1.15 bits per heavy atom. The summed E-state index contributed by atoms with van der Waals surface area (Å²) in [5.41, 5.74) is 5.90. The van der Waals surface area contributed by atoms with E-state index in [-0.39, 0.29) is 12.1 Å². The molecule has 0 aliphatic rings. The zero-order valence-electron chi connectivity index (χ0n) is 13.4. The van der Waals surface area contributed by atoms with E-state index < -0.39 is 23.6 Å². The lowest BCUT2D eigenvalue weighted by atomic mass is 10.0. The van der Waals surface area contributed by atoms with Crippen molar-refractivity contribution in [2.45, 2.75) is 12.5 Å². The van der Waals surface area contributed by atoms with Crippen molar-refractivity contribution in [3.05, 3.63) is 60.0 Å². The molecule has 1 aromatic carbocycles. The SMILES string of the molecule is NC(=O)C(=O)C(Cc1ccccc1)NC(=O)c1nnsc1-c1ccco1. The Hall–Kier alpha value is -3.33. The number of furan rings is 1. The Kier molecular flexibility index (Phi) is 5.18. The van der Waals surface area contributed by atoms with Gasteiger partial charge in [-0.15, -0.1) is 5.10 Å². The zero-order valence-corrected chi connectivity index (χ0v) is 14.2. The Labute approximate surface area is 152 Å². The van der Waals surface area contributed by atoms with E-state index in [1.165, 1.54) is 6.26 Å². The maximum Gasteiger partial charge on any atom is 0.287 e. The first-order chi connectivity index (χ1) is 12.6. The first-order valence-electron chi connectivity index (χ1n) is 7.61. The fourth-order valence-corrected chi connectivity index (χ4v) is 3.00. The number of carbonyl (C=O) groups is 3. The number of amides is 2. The largest absolute Gasteiger partial charge is 0.463 e. The lowest BCUT2D eigenvalue weighted by Crippen LogP contribution is -2.47. The molecule has 9 heteroatoms. The summed E-state index contributed by atoms with van der Waals surface area (Å²) in [5.74, 6) is -2.20. The van der Waals surface area contributed by atoms with Gasteiger partial charge in [0.2, 0.25) is 5.78 Å². The van der Waals surface area contributed by atoms with Crippen molar-refractivity contribution in [3.63, 3.8) is 0 Å². The molecule has 0 saturated heterocycles. The summed E-state index contributed by atoms with van der Waals surface area (Å²) in [6.07, 6.45) is 1.59. The van der Waals surface area contributed by atoms with E-state index in [1.807, 2.05) is 6.07 Å². The van der Waals surface area contributed by atoms with E-state index in [2.05, 4.69) is 14.9 Å². The van der Waals surface area contributed by atoms with E-state index in [4.69, 9.17) is 10.2 Å². The minimum absolute atomic E-state index is 0.0142. The van der Waals surface area contributed by atoms with E-state index in [9.17, 15) is 14.4 Å². The molecule has 0 aliphatic carbocycles. The van der Waals surface area contributed by atoms with Crippen LogP contribution in [0.15, 0.2) is 53.1 Å². The Morgan fingerprint density at radius 2 is 1.92 bits per heavy atom. The van der Waals surface area contributed by atoms with Gasteiger partial charge in [0.15, 0.2) is 5.69 Å². The second kappa shape index (κ2) is 7.70. The molecule has 0 radical (unpaired) electrons. The van der Waals surface area contributed by atoms with E-state index in [1.54, 1.807) is 36.4 Å². The number of carbonyl (C=O) groups excluding carboxylic acids is 3. The zero-order chi connectivity index (χ0) is 18.5. The monoisotopic (exact) mass is 370 g/mol. The van der Waals surface area contributed by atoms with Gasteiger partial charge in [-0.05, 0) is 29.2 Å². The summed E-state index contributed by atoms with van der Waals surface area (Å²) in [4.78, 5) is 36.5. The third-order valence-electron chi connectivity index (χ3n) is 3.60. The van der Waals surface area contributed by atoms with Gasteiger partial charge in [-0.25, -0.2) is 0 Å². The summed E-state index contributed by atoms with van der Waals surface area (Å²) in [5, 5.41) is 6.33. The Bertz CT molecular complexity index is 921. The van der Waals surface area contributed by atoms with Crippen molar-refractivity contribution in [1.29, 1.82) is 0 Å². The first kappa shape index (κ1) is 17.5. The summed E-state index contributed by atoms with van der Waals surface area (Å²) >= 11 is 0.989. The number of aromatic nitrogens is 2. The smallest absolute Gasteiger partial charge is 0.287 e. The third-order valence-corrected chi connectivity index (χ3v) is 4.34. The van der Waals surface area contributed by atoms with E-state index in [0.717, 1.165) is 17.1 Å². The van der Waals surface area contributed by atoms with E-state index in [0.29, 0.717) is 10.6 Å². The predicted molar refractivity (Wildman–Crippen MR) is 93.2 cm³/mol. The van der Waals surface area contributed by atoms with Gasteiger partial charge in [0.1, 0.15) is 16.7 Å². The van der Waals surface area contributed by atoms with Crippen LogP contribution in [-0.2, 0) is 16.0 Å². The molecule has 3 N–H and O–H groups in total. The predicted octanol–water partition coefficient (Wildman–Crippen LogP) is 1.19. The van der Waals surface area contributed by atoms with Crippen molar-refractivity contribution >= 4 is 29.1 Å². The molecular formula is C17H14N4O4S. The van der Waals surface area contributed by atoms with Crippen molar-refractivity contribution in [1.82, 2.24) is 14.9 Å². The van der Waals surface area contributed by atoms with Gasteiger partial charge >= 0.3 is 0 Å². The average Bonchev–Trinajstić information content (AvgIpc) is 3.32. The van der Waals surface area contributed by atoms with E-state index >= 15 is 0 Å². The molecule has 2 heterocycles. The van der Waals surface area contributed by atoms with Crippen LogP contribution in [-0.4, -0.2) is 33.2 Å². The van der Waals surface area contributed by atoms with Crippen LogP contribution in [0.4, 0.5) is 0 Å². The molecule has 3 aromatic rings. The average molecular weight is 370 g/mol. The van der Waals surface area contributed by atoms with Crippen LogP contribution >= 0.6 is 11.5 Å². The van der Waals surface area contributed by atoms with Gasteiger partial charge < -0.3 is 15.5 Å². The molecule has 1 unspecified atom stereocenters. The van der Waals surface area contributed by atoms with Crippen molar-refractivity contribution in [3.8, 4) is 10.6 Å². The maximum atomic E-state index is 12.6. The number of nitrogens with two attached hydrogens (primary N) is 1. The molecule has 0 spiro atoms. The standard InChI is InChI=1S/C17H14N4O4S/c18-16(23)14(22)11(9-10-5-2-1-3-6-10)19-17(24)13-15(26-21-20-13)12-7-4-8-25-12/h1-8,11H,9H2,(H2,18,23)(H,19,24). The number of Topliss-reactive ketones (excluding diaryl/α,β-unsaturated/α-hetero) is 1. The highest BCUT2D eigenvalue weighted by Crippen LogP contribution is 2.26. The molecule has 0 aliphatic heterocycles. The van der Waals surface area contributed by atoms with Gasteiger partial charge in [-0.3, -0.25) is 14.4 Å². The molecular weight excluding hydrogens is 356 g/mol. The van der Waals surface area contributed by atoms with Crippen LogP contribution in [0.25, 0.3) is 10.6 Å². The minimum atomic E-state index is -1.12. The third kappa shape index (κ3) is 3.83. The van der Waals surface area contributed by atoms with Gasteiger partial charge in [0.05, 0.1) is 6.26 Å². The normalized spacial score (nSPS) is 11.7. The van der Waals surface area contributed by atoms with Gasteiger partial charge in [-0.2, -0.15) is 0 Å². The number of primary amides is 1. The molecule has 8 nitrogen and oxygen atoms in total. The summed E-state index contributed by atoms with van der Waals surface area (Å²) in [6, 6.07) is 11.2. The second-order valence-electron chi connectivity index (χ2n) is 5.37. The molecule has 0 fully saturated rings. The molecule has 0 bridgehead atoms. The molecule has 0 saturated carbocycles. The molecule has 2 amide bonds. The van der Waals surface area contributed by atoms with Crippen LogP contribution in [0.1, 0.15) is 16.1 Å². The highest BCUT2D eigenvalue weighted by Gasteiger charge is 2.28. The fourth-order valence-electron chi connectivity index (χ4n) is 2.37. The minimum Gasteiger partial charge on any atom is -0.463 e. The van der Waals surface area contributed by atoms with Crippen molar-refractivity contribution in [2.24, 2.45) is 5.73 Å². The summed E-state index contributed by atoms with van der Waals surface area (Å²) in [6.45, 7) is 0. The molecule has 132 valence electrons. The van der Waals surface area contributed by atoms with Crippen molar-refractivity contribution in [2.75, 3.05) is 0 Å². The first-order valence-corrected chi connectivity index (χ1v) is 8.38. The van der Waals surface area contributed by atoms with Gasteiger partial charge in [0.25, 0.3) is 11.8 Å². The van der Waals surface area contributed by atoms with Crippen LogP contribution in [0, 0.1) is 0 Å². The Balaban J connectivity index is 1.83. The van der Waals surface area contributed by atoms with Crippen LogP contribution < -0.4 is 11.1 Å². The summed E-state index contributed by atoms with van der Waals surface area (Å²) < 4.78 is 9.03. The van der Waals surface area contributed by atoms with Gasteiger partial charge in [0, 0.05) is 6.42 Å². The lowest BCUT2D eigenvalue weighted by molar-refractivity contribution is -0.137. The number of hydrogen-bond acceptors (Lipinski definition) is 7. The number of benzene rings is 1. The molecule has 1 atom stereocenters. The molecule has 2 aromatic heterocycles. The van der Waals surface area contributed by atoms with Crippen LogP contribution in [0.3, 0.4) is 0 Å². The molecule has 3 rings (SSSR count). The summed E-state index contributed by atoms with van der Waals surface area (Å²) in [7, 11) is 0. The fraction of sp³-hybridized carbons (Fsp3) is 0.118. The number of hydrogen-bond donors (Lipinski definition) is 2. The lowest BCUT2D eigenvalue weighted by Gasteiger charge is -2.15. The van der Waals surface area contributed by atoms with Crippen LogP contribution in [0.5, 0.6) is 0 Å². The van der Waals surface area contributed by atoms with Gasteiger partial charge in [-0.1, -0.05) is 34.8 Å². The highest BCUT2D eigenvalue weighted by molar-refractivity contribution is 7.09. The van der Waals surface area contributed by atoms with Crippen molar-refractivity contribution < 1.29 is 18.8 Å². The topological polar surface area (TPSA) is 128 Å². The maximum absolute atomic E-state index is 12.6. The number of nitrogens with one attached hydrogen (secondary N) is 1. The number of nitrogens with zero attached hydrogens (tertiary/aromatic N) is 2. The number of rotatable bonds is 7. The Morgan fingerprint density at radius 3 is 2.58 bits per heavy atom. The second-order valence-corrected chi connectivity index (χ2v) is 6.13. The van der Waals surface area contributed by atoms with Crippen LogP contribution in [0.2, 0.25) is 0 Å². The number of ketones is 1. The molecule has 26 heavy (non-hydrogen) atoms.